The smallest absolute Gasteiger partial charge is 0.129 e. The molecule has 2 nitrogen and oxygen atoms in total. The number of nitrogens with zero attached hydrogens (tertiary/aromatic N) is 1. The van der Waals surface area contributed by atoms with Crippen molar-refractivity contribution in [1.29, 1.82) is 5.26 Å². The molecule has 1 N–H and O–H groups in total. The summed E-state index contributed by atoms with van der Waals surface area (Å²) in [6, 6.07) is 7.16. The van der Waals surface area contributed by atoms with Crippen molar-refractivity contribution in [1.82, 2.24) is 5.32 Å². The van der Waals surface area contributed by atoms with E-state index in [0.29, 0.717) is 23.7 Å². The Kier molecular flexibility index (Phi) is 5.55. The third kappa shape index (κ3) is 3.80. The third-order valence-electron chi connectivity index (χ3n) is 4.40. The van der Waals surface area contributed by atoms with Crippen molar-refractivity contribution < 1.29 is 4.39 Å². The van der Waals surface area contributed by atoms with Gasteiger partial charge in [0.2, 0.25) is 0 Å². The number of benzene rings is 1. The van der Waals surface area contributed by atoms with Gasteiger partial charge in [0, 0.05) is 18.2 Å². The van der Waals surface area contributed by atoms with Crippen LogP contribution in [0.5, 0.6) is 0 Å². The molecule has 108 valence electrons. The standard InChI is InChI=1S/C17H23FN2/c1-2-17(14-6-4-3-5-7-14)20-12-15-9-8-13(11-19)10-16(15)18/h8-10,14,17,20H,2-7,12H2,1H3. The van der Waals surface area contributed by atoms with Crippen LogP contribution >= 0.6 is 0 Å². The van der Waals surface area contributed by atoms with Crippen LogP contribution in [0, 0.1) is 23.1 Å². The summed E-state index contributed by atoms with van der Waals surface area (Å²) in [6.07, 6.45) is 7.69. The predicted octanol–water partition coefficient (Wildman–Crippen LogP) is 4.15. The molecule has 0 aliphatic heterocycles. The average molecular weight is 274 g/mol. The van der Waals surface area contributed by atoms with Crippen LogP contribution in [0.3, 0.4) is 0 Å². The van der Waals surface area contributed by atoms with E-state index in [1.807, 2.05) is 6.07 Å². The number of halogens is 1. The maximum atomic E-state index is 13.8. The van der Waals surface area contributed by atoms with Crippen molar-refractivity contribution in [2.45, 2.75) is 58.0 Å². The molecular formula is C17H23FN2. The molecular weight excluding hydrogens is 251 g/mol. The van der Waals surface area contributed by atoms with Crippen LogP contribution in [0.25, 0.3) is 0 Å². The Balaban J connectivity index is 1.94. The van der Waals surface area contributed by atoms with Crippen molar-refractivity contribution in [2.75, 3.05) is 0 Å². The van der Waals surface area contributed by atoms with Crippen molar-refractivity contribution in [3.05, 3.63) is 35.1 Å². The van der Waals surface area contributed by atoms with Gasteiger partial charge in [0.15, 0.2) is 0 Å². The highest BCUT2D eigenvalue weighted by Gasteiger charge is 2.21. The van der Waals surface area contributed by atoms with Crippen molar-refractivity contribution >= 4 is 0 Å². The molecule has 0 amide bonds. The fourth-order valence-electron chi connectivity index (χ4n) is 3.18. The normalized spacial score (nSPS) is 17.6. The molecule has 20 heavy (non-hydrogen) atoms. The molecule has 1 aliphatic rings. The van der Waals surface area contributed by atoms with E-state index in [2.05, 4.69) is 12.2 Å². The van der Waals surface area contributed by atoms with E-state index in [1.165, 1.54) is 38.2 Å². The third-order valence-corrected chi connectivity index (χ3v) is 4.40. The maximum Gasteiger partial charge on any atom is 0.129 e. The molecule has 0 spiro atoms. The molecule has 1 aromatic rings. The molecule has 1 aliphatic carbocycles. The van der Waals surface area contributed by atoms with E-state index >= 15 is 0 Å². The summed E-state index contributed by atoms with van der Waals surface area (Å²) < 4.78 is 13.8. The predicted molar refractivity (Wildman–Crippen MR) is 78.6 cm³/mol. The van der Waals surface area contributed by atoms with Crippen LogP contribution in [-0.4, -0.2) is 6.04 Å². The van der Waals surface area contributed by atoms with Crippen LogP contribution in [0.15, 0.2) is 18.2 Å². The van der Waals surface area contributed by atoms with Crippen LogP contribution < -0.4 is 5.32 Å². The van der Waals surface area contributed by atoms with E-state index in [4.69, 9.17) is 5.26 Å². The first-order chi connectivity index (χ1) is 9.74. The number of hydrogen-bond acceptors (Lipinski definition) is 2. The molecule has 1 aromatic carbocycles. The Morgan fingerprint density at radius 2 is 2.10 bits per heavy atom. The van der Waals surface area contributed by atoms with Crippen LogP contribution in [0.2, 0.25) is 0 Å². The highest BCUT2D eigenvalue weighted by atomic mass is 19.1. The molecule has 0 saturated heterocycles. The quantitative estimate of drug-likeness (QED) is 0.875. The van der Waals surface area contributed by atoms with E-state index in [0.717, 1.165) is 12.3 Å². The fourth-order valence-corrected chi connectivity index (χ4v) is 3.18. The lowest BCUT2D eigenvalue weighted by Crippen LogP contribution is -2.36. The second-order valence-corrected chi connectivity index (χ2v) is 5.71. The minimum Gasteiger partial charge on any atom is -0.310 e. The lowest BCUT2D eigenvalue weighted by Gasteiger charge is -2.30. The highest BCUT2D eigenvalue weighted by Crippen LogP contribution is 2.28. The van der Waals surface area contributed by atoms with E-state index < -0.39 is 0 Å². The summed E-state index contributed by atoms with van der Waals surface area (Å²) in [5, 5.41) is 12.3. The molecule has 1 unspecified atom stereocenters. The van der Waals surface area contributed by atoms with Gasteiger partial charge < -0.3 is 5.32 Å². The molecule has 1 saturated carbocycles. The Hall–Kier alpha value is -1.40. The van der Waals surface area contributed by atoms with Gasteiger partial charge in [-0.25, -0.2) is 4.39 Å². The fraction of sp³-hybridized carbons (Fsp3) is 0.588. The minimum atomic E-state index is -0.282. The summed E-state index contributed by atoms with van der Waals surface area (Å²) in [7, 11) is 0. The van der Waals surface area contributed by atoms with Gasteiger partial charge in [-0.1, -0.05) is 32.3 Å². The zero-order valence-electron chi connectivity index (χ0n) is 12.2. The molecule has 0 bridgehead atoms. The zero-order valence-corrected chi connectivity index (χ0v) is 12.2. The van der Waals surface area contributed by atoms with Gasteiger partial charge in [0.05, 0.1) is 11.6 Å². The lowest BCUT2D eigenvalue weighted by atomic mass is 9.83. The first-order valence-corrected chi connectivity index (χ1v) is 7.66. The number of hydrogen-bond donors (Lipinski definition) is 1. The highest BCUT2D eigenvalue weighted by molar-refractivity contribution is 5.32. The average Bonchev–Trinajstić information content (AvgIpc) is 2.50. The molecule has 2 rings (SSSR count). The zero-order chi connectivity index (χ0) is 14.4. The SMILES string of the molecule is CCC(NCc1ccc(C#N)cc1F)C1CCCCC1. The summed E-state index contributed by atoms with van der Waals surface area (Å²) in [5.74, 6) is 0.449. The Bertz CT molecular complexity index is 472. The van der Waals surface area contributed by atoms with Crippen molar-refractivity contribution in [2.24, 2.45) is 5.92 Å². The second-order valence-electron chi connectivity index (χ2n) is 5.71. The van der Waals surface area contributed by atoms with E-state index in [-0.39, 0.29) is 5.82 Å². The Morgan fingerprint density at radius 3 is 2.70 bits per heavy atom. The van der Waals surface area contributed by atoms with Crippen molar-refractivity contribution in [3.8, 4) is 6.07 Å². The minimum absolute atomic E-state index is 0.282. The second kappa shape index (κ2) is 7.40. The summed E-state index contributed by atoms with van der Waals surface area (Å²) >= 11 is 0. The number of rotatable bonds is 5. The molecule has 1 atom stereocenters. The molecule has 3 heteroatoms. The van der Waals surface area contributed by atoms with Crippen LogP contribution in [0.1, 0.15) is 56.6 Å². The summed E-state index contributed by atoms with van der Waals surface area (Å²) in [6.45, 7) is 2.74. The van der Waals surface area contributed by atoms with Crippen LogP contribution in [-0.2, 0) is 6.54 Å². The Morgan fingerprint density at radius 1 is 1.35 bits per heavy atom. The lowest BCUT2D eigenvalue weighted by molar-refractivity contribution is 0.261. The number of nitriles is 1. The summed E-state index contributed by atoms with van der Waals surface area (Å²) in [5.41, 5.74) is 1.03. The molecule has 0 radical (unpaired) electrons. The van der Waals surface area contributed by atoms with E-state index in [9.17, 15) is 4.39 Å². The largest absolute Gasteiger partial charge is 0.310 e. The summed E-state index contributed by atoms with van der Waals surface area (Å²) in [4.78, 5) is 0. The topological polar surface area (TPSA) is 35.8 Å². The number of nitrogens with one attached hydrogen (secondary N) is 1. The first kappa shape index (κ1) is 15.0. The van der Waals surface area contributed by atoms with Gasteiger partial charge in [-0.3, -0.25) is 0 Å². The van der Waals surface area contributed by atoms with Gasteiger partial charge in [-0.15, -0.1) is 0 Å². The van der Waals surface area contributed by atoms with Gasteiger partial charge in [0.25, 0.3) is 0 Å². The van der Waals surface area contributed by atoms with Gasteiger partial charge in [0.1, 0.15) is 5.82 Å². The maximum absolute atomic E-state index is 13.8. The first-order valence-electron chi connectivity index (χ1n) is 7.66. The molecule has 0 aromatic heterocycles. The molecule has 1 fully saturated rings. The van der Waals surface area contributed by atoms with E-state index in [1.54, 1.807) is 12.1 Å². The molecule has 0 heterocycles. The van der Waals surface area contributed by atoms with Gasteiger partial charge >= 0.3 is 0 Å². The van der Waals surface area contributed by atoms with Crippen LogP contribution in [0.4, 0.5) is 4.39 Å². The monoisotopic (exact) mass is 274 g/mol. The Labute approximate surface area is 121 Å². The van der Waals surface area contributed by atoms with Gasteiger partial charge in [-0.2, -0.15) is 5.26 Å². The van der Waals surface area contributed by atoms with Crippen molar-refractivity contribution in [3.63, 3.8) is 0 Å². The van der Waals surface area contributed by atoms with Gasteiger partial charge in [-0.05, 0) is 37.3 Å².